The predicted molar refractivity (Wildman–Crippen MR) is 74.7 cm³/mol. The van der Waals surface area contributed by atoms with E-state index in [9.17, 15) is 12.8 Å². The number of halogens is 1. The Labute approximate surface area is 116 Å². The fourth-order valence-electron chi connectivity index (χ4n) is 1.81. The van der Waals surface area contributed by atoms with Crippen LogP contribution in [0.4, 0.5) is 10.1 Å². The van der Waals surface area contributed by atoms with E-state index in [1.54, 1.807) is 12.1 Å². The summed E-state index contributed by atoms with van der Waals surface area (Å²) in [6, 6.07) is 10.1. The van der Waals surface area contributed by atoms with Crippen LogP contribution in [-0.4, -0.2) is 15.5 Å². The summed E-state index contributed by atoms with van der Waals surface area (Å²) >= 11 is 0. The Hall–Kier alpha value is -2.08. The highest BCUT2D eigenvalue weighted by molar-refractivity contribution is 7.90. The van der Waals surface area contributed by atoms with Gasteiger partial charge in [-0.25, -0.2) is 12.8 Å². The van der Waals surface area contributed by atoms with Crippen LogP contribution in [0.5, 0.6) is 5.75 Å². The molecule has 0 aliphatic heterocycles. The lowest BCUT2D eigenvalue weighted by Gasteiger charge is -2.10. The Bertz CT molecular complexity index is 729. The average Bonchev–Trinajstić information content (AvgIpc) is 2.41. The standard InChI is InChI=1S/C14H14FNO3S/c1-19-11-6-7-13(16)14(8-11)20(17,18)9-10-4-2-3-5-12(10)15/h2-8H,9,16H2,1H3. The molecule has 0 unspecified atom stereocenters. The number of hydrogen-bond donors (Lipinski definition) is 1. The van der Waals surface area contributed by atoms with Crippen molar-refractivity contribution in [2.45, 2.75) is 10.6 Å². The number of benzene rings is 2. The van der Waals surface area contributed by atoms with Crippen molar-refractivity contribution < 1.29 is 17.5 Å². The summed E-state index contributed by atoms with van der Waals surface area (Å²) in [5, 5.41) is 0. The molecule has 0 atom stereocenters. The van der Waals surface area contributed by atoms with E-state index in [0.29, 0.717) is 5.75 Å². The molecule has 2 aromatic carbocycles. The molecule has 0 spiro atoms. The molecule has 2 N–H and O–H groups in total. The number of methoxy groups -OCH3 is 1. The second kappa shape index (κ2) is 5.50. The Morgan fingerprint density at radius 3 is 2.55 bits per heavy atom. The molecule has 0 saturated heterocycles. The molecular weight excluding hydrogens is 281 g/mol. The van der Waals surface area contributed by atoms with Crippen LogP contribution in [0.25, 0.3) is 0 Å². The third kappa shape index (κ3) is 2.91. The molecule has 2 aromatic rings. The smallest absolute Gasteiger partial charge is 0.184 e. The van der Waals surface area contributed by atoms with Gasteiger partial charge in [0, 0.05) is 11.6 Å². The molecule has 106 valence electrons. The topological polar surface area (TPSA) is 69.4 Å². The predicted octanol–water partition coefficient (Wildman–Crippen LogP) is 2.39. The van der Waals surface area contributed by atoms with Gasteiger partial charge in [-0.3, -0.25) is 0 Å². The number of ether oxygens (including phenoxy) is 1. The van der Waals surface area contributed by atoms with Crippen molar-refractivity contribution in [2.75, 3.05) is 12.8 Å². The van der Waals surface area contributed by atoms with Crippen molar-refractivity contribution in [3.63, 3.8) is 0 Å². The summed E-state index contributed by atoms with van der Waals surface area (Å²) in [6.45, 7) is 0. The van der Waals surface area contributed by atoms with Gasteiger partial charge in [0.05, 0.1) is 23.4 Å². The zero-order valence-electron chi connectivity index (χ0n) is 10.8. The van der Waals surface area contributed by atoms with E-state index in [4.69, 9.17) is 10.5 Å². The molecule has 0 radical (unpaired) electrons. The van der Waals surface area contributed by atoms with E-state index in [-0.39, 0.29) is 16.1 Å². The van der Waals surface area contributed by atoms with Gasteiger partial charge in [-0.05, 0) is 18.2 Å². The van der Waals surface area contributed by atoms with Gasteiger partial charge in [0.1, 0.15) is 11.6 Å². The molecule has 2 rings (SSSR count). The lowest BCUT2D eigenvalue weighted by Crippen LogP contribution is -2.09. The van der Waals surface area contributed by atoms with Crippen LogP contribution in [-0.2, 0) is 15.6 Å². The van der Waals surface area contributed by atoms with Crippen molar-refractivity contribution >= 4 is 15.5 Å². The fourth-order valence-corrected chi connectivity index (χ4v) is 3.33. The molecule has 0 bridgehead atoms. The molecule has 20 heavy (non-hydrogen) atoms. The van der Waals surface area contributed by atoms with Crippen molar-refractivity contribution in [3.05, 3.63) is 53.8 Å². The Balaban J connectivity index is 2.43. The van der Waals surface area contributed by atoms with Crippen LogP contribution < -0.4 is 10.5 Å². The van der Waals surface area contributed by atoms with Gasteiger partial charge in [-0.15, -0.1) is 0 Å². The molecular formula is C14H14FNO3S. The zero-order chi connectivity index (χ0) is 14.8. The van der Waals surface area contributed by atoms with Crippen molar-refractivity contribution in [1.29, 1.82) is 0 Å². The molecule has 4 nitrogen and oxygen atoms in total. The number of nitrogen functional groups attached to an aromatic ring is 1. The first-order valence-corrected chi connectivity index (χ1v) is 7.49. The number of rotatable bonds is 4. The number of nitrogens with two attached hydrogens (primary N) is 1. The van der Waals surface area contributed by atoms with Gasteiger partial charge in [0.2, 0.25) is 0 Å². The SMILES string of the molecule is COc1ccc(N)c(S(=O)(=O)Cc2ccccc2F)c1. The largest absolute Gasteiger partial charge is 0.497 e. The monoisotopic (exact) mass is 295 g/mol. The van der Waals surface area contributed by atoms with Gasteiger partial charge in [0.15, 0.2) is 9.84 Å². The summed E-state index contributed by atoms with van der Waals surface area (Å²) in [5.74, 6) is -0.624. The van der Waals surface area contributed by atoms with E-state index in [2.05, 4.69) is 0 Å². The number of anilines is 1. The molecule has 0 aliphatic carbocycles. The van der Waals surface area contributed by atoms with Crippen molar-refractivity contribution in [1.82, 2.24) is 0 Å². The normalized spacial score (nSPS) is 11.3. The minimum atomic E-state index is -3.74. The Morgan fingerprint density at radius 1 is 1.20 bits per heavy atom. The average molecular weight is 295 g/mol. The molecule has 0 saturated carbocycles. The summed E-state index contributed by atoms with van der Waals surface area (Å²) in [7, 11) is -2.31. The van der Waals surface area contributed by atoms with Crippen LogP contribution in [0.1, 0.15) is 5.56 Å². The lowest BCUT2D eigenvalue weighted by molar-refractivity contribution is 0.413. The van der Waals surface area contributed by atoms with E-state index < -0.39 is 21.4 Å². The van der Waals surface area contributed by atoms with E-state index in [1.807, 2.05) is 0 Å². The maximum atomic E-state index is 13.6. The van der Waals surface area contributed by atoms with E-state index >= 15 is 0 Å². The first kappa shape index (κ1) is 14.3. The third-order valence-corrected chi connectivity index (χ3v) is 4.57. The first-order valence-electron chi connectivity index (χ1n) is 5.84. The minimum Gasteiger partial charge on any atom is -0.497 e. The summed E-state index contributed by atoms with van der Waals surface area (Å²) in [5.41, 5.74) is 5.91. The maximum absolute atomic E-state index is 13.6. The van der Waals surface area contributed by atoms with Crippen molar-refractivity contribution in [3.8, 4) is 5.75 Å². The van der Waals surface area contributed by atoms with Gasteiger partial charge in [-0.1, -0.05) is 18.2 Å². The third-order valence-electron chi connectivity index (χ3n) is 2.86. The second-order valence-electron chi connectivity index (χ2n) is 4.25. The van der Waals surface area contributed by atoms with Crippen LogP contribution in [0.15, 0.2) is 47.4 Å². The molecule has 0 fully saturated rings. The Kier molecular flexibility index (Phi) is 3.94. The van der Waals surface area contributed by atoms with Crippen LogP contribution in [0, 0.1) is 5.82 Å². The summed E-state index contributed by atoms with van der Waals surface area (Å²) < 4.78 is 43.2. The zero-order valence-corrected chi connectivity index (χ0v) is 11.7. The highest BCUT2D eigenvalue weighted by Crippen LogP contribution is 2.27. The number of hydrogen-bond acceptors (Lipinski definition) is 4. The maximum Gasteiger partial charge on any atom is 0.184 e. The highest BCUT2D eigenvalue weighted by atomic mass is 32.2. The molecule has 6 heteroatoms. The molecule has 0 heterocycles. The van der Waals surface area contributed by atoms with Gasteiger partial charge in [0.25, 0.3) is 0 Å². The lowest BCUT2D eigenvalue weighted by atomic mass is 10.2. The summed E-state index contributed by atoms with van der Waals surface area (Å²) in [4.78, 5) is -0.0555. The van der Waals surface area contributed by atoms with Crippen LogP contribution >= 0.6 is 0 Å². The van der Waals surface area contributed by atoms with Gasteiger partial charge < -0.3 is 10.5 Å². The Morgan fingerprint density at radius 2 is 1.90 bits per heavy atom. The molecule has 0 amide bonds. The van der Waals surface area contributed by atoms with Gasteiger partial charge >= 0.3 is 0 Å². The van der Waals surface area contributed by atoms with Crippen molar-refractivity contribution in [2.24, 2.45) is 0 Å². The van der Waals surface area contributed by atoms with Gasteiger partial charge in [-0.2, -0.15) is 0 Å². The second-order valence-corrected chi connectivity index (χ2v) is 6.21. The summed E-state index contributed by atoms with van der Waals surface area (Å²) in [6.07, 6.45) is 0. The molecule has 0 aromatic heterocycles. The van der Waals surface area contributed by atoms with E-state index in [0.717, 1.165) is 0 Å². The highest BCUT2D eigenvalue weighted by Gasteiger charge is 2.20. The number of sulfone groups is 1. The van der Waals surface area contributed by atoms with Crippen LogP contribution in [0.3, 0.4) is 0 Å². The fraction of sp³-hybridized carbons (Fsp3) is 0.143. The minimum absolute atomic E-state index is 0.0555. The quantitative estimate of drug-likeness (QED) is 0.879. The van der Waals surface area contributed by atoms with Crippen LogP contribution in [0.2, 0.25) is 0 Å². The van der Waals surface area contributed by atoms with E-state index in [1.165, 1.54) is 37.4 Å². The molecule has 0 aliphatic rings. The first-order chi connectivity index (χ1) is 9.44.